The zero-order valence-corrected chi connectivity index (χ0v) is 4.73. The Balaban J connectivity index is 2.28. The quantitative estimate of drug-likeness (QED) is 0.499. The Hall–Kier alpha value is -0.0600. The van der Waals surface area contributed by atoms with E-state index >= 15 is 0 Å². The Morgan fingerprint density at radius 1 is 2.00 bits per heavy atom. The van der Waals surface area contributed by atoms with Crippen LogP contribution in [0.15, 0.2) is 4.99 Å². The summed E-state index contributed by atoms with van der Waals surface area (Å²) in [6, 6.07) is 0. The van der Waals surface area contributed by atoms with Gasteiger partial charge in [-0.1, -0.05) is 0 Å². The average molecular weight is 118 g/mol. The summed E-state index contributed by atoms with van der Waals surface area (Å²) < 4.78 is 7.66. The first kappa shape index (κ1) is 5.08. The molecule has 0 aromatic rings. The molecule has 1 N–H and O–H groups in total. The average Bonchev–Trinajstić information content (AvgIpc) is 2.14. The zero-order chi connectivity index (χ0) is 5.11. The molecule has 3 nitrogen and oxygen atoms in total. The zero-order valence-electron chi connectivity index (χ0n) is 3.92. The lowest BCUT2D eigenvalue weighted by atomic mass is 11.0. The third-order valence-electron chi connectivity index (χ3n) is 0.641. The molecule has 1 rings (SSSR count). The molecule has 0 aromatic carbocycles. The third-order valence-corrected chi connectivity index (χ3v) is 1.21. The van der Waals surface area contributed by atoms with Crippen LogP contribution in [-0.2, 0) is 4.74 Å². The van der Waals surface area contributed by atoms with Crippen molar-refractivity contribution in [3.05, 3.63) is 0 Å². The van der Waals surface area contributed by atoms with Crippen LogP contribution in [-0.4, -0.2) is 19.0 Å². The normalized spacial score (nSPS) is 29.0. The monoisotopic (exact) mass is 118 g/mol. The molecule has 7 heavy (non-hydrogen) atoms. The molecule has 0 saturated carbocycles. The molecule has 0 amide bonds. The van der Waals surface area contributed by atoms with Crippen molar-refractivity contribution < 1.29 is 4.74 Å². The maximum absolute atomic E-state index is 4.78. The van der Waals surface area contributed by atoms with E-state index in [0.29, 0.717) is 0 Å². The lowest BCUT2D eigenvalue weighted by molar-refractivity contribution is 0.107. The van der Waals surface area contributed by atoms with Crippen molar-refractivity contribution >= 4 is 17.5 Å². The minimum absolute atomic E-state index is 0.120. The molecular formula is C3H6N2OS. The number of hydrogen-bond donors (Lipinski definition) is 1. The number of nitrogens with zero attached hydrogens (tertiary/aromatic N) is 1. The fourth-order valence-corrected chi connectivity index (χ4v) is 0.820. The highest BCUT2D eigenvalue weighted by Gasteiger charge is 2.05. The van der Waals surface area contributed by atoms with Crippen LogP contribution in [0.1, 0.15) is 0 Å². The van der Waals surface area contributed by atoms with E-state index in [1.54, 1.807) is 12.7 Å². The van der Waals surface area contributed by atoms with Crippen LogP contribution in [0.4, 0.5) is 0 Å². The van der Waals surface area contributed by atoms with Crippen LogP contribution < -0.4 is 4.72 Å². The van der Waals surface area contributed by atoms with Crippen molar-refractivity contribution in [2.45, 2.75) is 6.35 Å². The van der Waals surface area contributed by atoms with Crippen molar-refractivity contribution in [3.63, 3.8) is 0 Å². The van der Waals surface area contributed by atoms with E-state index in [2.05, 4.69) is 9.71 Å². The standard InChI is InChI=1S/C3H6N2OS/c1-6-3-4-2-7-5-3/h2-3,5H,1H3. The van der Waals surface area contributed by atoms with E-state index in [4.69, 9.17) is 4.74 Å². The Bertz CT molecular complexity index is 85.0. The maximum atomic E-state index is 4.78. The lowest BCUT2D eigenvalue weighted by Crippen LogP contribution is -2.17. The second kappa shape index (κ2) is 2.30. The van der Waals surface area contributed by atoms with Crippen molar-refractivity contribution in [2.75, 3.05) is 7.11 Å². The highest BCUT2D eigenvalue weighted by atomic mass is 32.2. The third kappa shape index (κ3) is 1.15. The molecule has 1 aliphatic heterocycles. The van der Waals surface area contributed by atoms with Gasteiger partial charge < -0.3 is 4.74 Å². The van der Waals surface area contributed by atoms with Gasteiger partial charge in [-0.15, -0.1) is 0 Å². The number of ether oxygens (including phenoxy) is 1. The van der Waals surface area contributed by atoms with Crippen molar-refractivity contribution in [1.82, 2.24) is 4.72 Å². The molecule has 1 unspecified atom stereocenters. The lowest BCUT2D eigenvalue weighted by Gasteiger charge is -2.00. The summed E-state index contributed by atoms with van der Waals surface area (Å²) in [7, 11) is 1.61. The van der Waals surface area contributed by atoms with E-state index in [9.17, 15) is 0 Å². The van der Waals surface area contributed by atoms with Crippen molar-refractivity contribution in [2.24, 2.45) is 4.99 Å². The molecule has 0 radical (unpaired) electrons. The van der Waals surface area contributed by atoms with Gasteiger partial charge in [-0.05, 0) is 11.9 Å². The number of hydrogen-bond acceptors (Lipinski definition) is 4. The maximum Gasteiger partial charge on any atom is 0.214 e. The molecule has 0 aromatic heterocycles. The summed E-state index contributed by atoms with van der Waals surface area (Å²) in [4.78, 5) is 3.86. The number of methoxy groups -OCH3 is 1. The molecule has 0 bridgehead atoms. The second-order valence-corrected chi connectivity index (χ2v) is 1.76. The summed E-state index contributed by atoms with van der Waals surface area (Å²) in [5.41, 5.74) is 1.72. The van der Waals surface area contributed by atoms with Crippen LogP contribution in [0.3, 0.4) is 0 Å². The van der Waals surface area contributed by atoms with Gasteiger partial charge in [0.25, 0.3) is 0 Å². The van der Waals surface area contributed by atoms with Gasteiger partial charge in [0, 0.05) is 7.11 Å². The predicted octanol–water partition coefficient (Wildman–Crippen LogP) is 0.196. The summed E-state index contributed by atoms with van der Waals surface area (Å²) in [6.45, 7) is 0. The Morgan fingerprint density at radius 3 is 3.14 bits per heavy atom. The summed E-state index contributed by atoms with van der Waals surface area (Å²) >= 11 is 1.44. The smallest absolute Gasteiger partial charge is 0.214 e. The first-order valence-electron chi connectivity index (χ1n) is 1.89. The molecule has 0 spiro atoms. The topological polar surface area (TPSA) is 33.6 Å². The van der Waals surface area contributed by atoms with Gasteiger partial charge in [-0.25, -0.2) is 9.71 Å². The Labute approximate surface area is 46.3 Å². The molecule has 0 aliphatic carbocycles. The minimum Gasteiger partial charge on any atom is -0.346 e. The summed E-state index contributed by atoms with van der Waals surface area (Å²) in [6.07, 6.45) is -0.120. The first-order chi connectivity index (χ1) is 3.43. The number of rotatable bonds is 1. The number of aliphatic imine (C=N–C) groups is 1. The molecule has 0 fully saturated rings. The Kier molecular flexibility index (Phi) is 1.67. The van der Waals surface area contributed by atoms with Crippen molar-refractivity contribution in [3.8, 4) is 0 Å². The van der Waals surface area contributed by atoms with E-state index < -0.39 is 0 Å². The Morgan fingerprint density at radius 2 is 2.86 bits per heavy atom. The van der Waals surface area contributed by atoms with Gasteiger partial charge in [0.15, 0.2) is 0 Å². The van der Waals surface area contributed by atoms with Crippen LogP contribution >= 0.6 is 11.9 Å². The minimum atomic E-state index is -0.120. The first-order valence-corrected chi connectivity index (χ1v) is 2.77. The molecule has 1 heterocycles. The van der Waals surface area contributed by atoms with Crippen LogP contribution in [0.2, 0.25) is 0 Å². The predicted molar refractivity (Wildman–Crippen MR) is 30.0 cm³/mol. The largest absolute Gasteiger partial charge is 0.346 e. The van der Waals surface area contributed by atoms with Gasteiger partial charge in [0.2, 0.25) is 6.35 Å². The van der Waals surface area contributed by atoms with E-state index in [-0.39, 0.29) is 6.35 Å². The molecule has 40 valence electrons. The highest BCUT2D eigenvalue weighted by Crippen LogP contribution is 2.02. The van der Waals surface area contributed by atoms with Crippen molar-refractivity contribution in [1.29, 1.82) is 0 Å². The van der Waals surface area contributed by atoms with Crippen LogP contribution in [0.25, 0.3) is 0 Å². The van der Waals surface area contributed by atoms with Gasteiger partial charge in [-0.2, -0.15) is 0 Å². The molecule has 4 heteroatoms. The van der Waals surface area contributed by atoms with Crippen LogP contribution in [0.5, 0.6) is 0 Å². The summed E-state index contributed by atoms with van der Waals surface area (Å²) in [5, 5.41) is 0. The van der Waals surface area contributed by atoms with E-state index in [1.807, 2.05) is 0 Å². The van der Waals surface area contributed by atoms with E-state index in [0.717, 1.165) is 0 Å². The molecular weight excluding hydrogens is 112 g/mol. The van der Waals surface area contributed by atoms with E-state index in [1.165, 1.54) is 11.9 Å². The SMILES string of the molecule is COC1N=CSN1. The second-order valence-electron chi connectivity index (χ2n) is 1.08. The van der Waals surface area contributed by atoms with Gasteiger partial charge in [-0.3, -0.25) is 0 Å². The van der Waals surface area contributed by atoms with Gasteiger partial charge in [0.05, 0.1) is 5.55 Å². The molecule has 1 aliphatic rings. The number of nitrogens with one attached hydrogen (secondary N) is 1. The van der Waals surface area contributed by atoms with Crippen LogP contribution in [0, 0.1) is 0 Å². The summed E-state index contributed by atoms with van der Waals surface area (Å²) in [5.74, 6) is 0. The van der Waals surface area contributed by atoms with Gasteiger partial charge >= 0.3 is 0 Å². The molecule has 0 saturated heterocycles. The van der Waals surface area contributed by atoms with Gasteiger partial charge in [0.1, 0.15) is 0 Å². The fraction of sp³-hybridized carbons (Fsp3) is 0.667. The molecule has 1 atom stereocenters. The fourth-order valence-electron chi connectivity index (χ4n) is 0.314. The highest BCUT2D eigenvalue weighted by molar-refractivity contribution is 8.10.